The van der Waals surface area contributed by atoms with Crippen LogP contribution in [-0.4, -0.2) is 50.8 Å². The number of sulfonamides is 1. The van der Waals surface area contributed by atoms with Crippen molar-refractivity contribution in [3.63, 3.8) is 0 Å². The van der Waals surface area contributed by atoms with Gasteiger partial charge in [0.2, 0.25) is 11.8 Å². The fraction of sp³-hybridized carbons (Fsp3) is 0.310. The van der Waals surface area contributed by atoms with Crippen LogP contribution in [0.5, 0.6) is 0 Å². The number of rotatable bonds is 12. The number of carbonyl (C=O) groups excluding carboxylic acids is 2. The van der Waals surface area contributed by atoms with E-state index in [2.05, 4.69) is 5.32 Å². The summed E-state index contributed by atoms with van der Waals surface area (Å²) in [5.41, 5.74) is 2.02. The van der Waals surface area contributed by atoms with E-state index < -0.39 is 34.3 Å². The van der Waals surface area contributed by atoms with Gasteiger partial charge in [-0.05, 0) is 68.7 Å². The Kier molecular flexibility index (Phi) is 10.0. The maximum atomic E-state index is 13.8. The van der Waals surface area contributed by atoms with E-state index in [0.717, 1.165) is 27.6 Å². The highest BCUT2D eigenvalue weighted by Gasteiger charge is 2.33. The fourth-order valence-corrected chi connectivity index (χ4v) is 5.58. The van der Waals surface area contributed by atoms with E-state index in [1.54, 1.807) is 19.1 Å². The van der Waals surface area contributed by atoms with Crippen LogP contribution in [0.4, 0.5) is 10.1 Å². The van der Waals surface area contributed by atoms with E-state index in [1.165, 1.54) is 29.2 Å². The second kappa shape index (κ2) is 13.2. The van der Waals surface area contributed by atoms with Crippen molar-refractivity contribution >= 4 is 27.5 Å². The maximum absolute atomic E-state index is 13.8. The Bertz CT molecular complexity index is 1310. The topological polar surface area (TPSA) is 86.8 Å². The number of nitrogens with zero attached hydrogens (tertiary/aromatic N) is 2. The lowest BCUT2D eigenvalue weighted by atomic mass is 10.1. The third-order valence-corrected chi connectivity index (χ3v) is 8.01. The van der Waals surface area contributed by atoms with Crippen molar-refractivity contribution in [2.24, 2.45) is 0 Å². The first-order chi connectivity index (χ1) is 18.2. The standard InChI is InChI=1S/C29H34FN3O4S/c1-4-27(29(35)31-5-2)32(20-19-23-9-7-6-8-10-23)28(34)21-33(25-15-13-24(30)14-16-25)38(36,37)26-17-11-22(3)12-18-26/h6-18,27H,4-5,19-21H2,1-3H3,(H,31,35). The summed E-state index contributed by atoms with van der Waals surface area (Å²) in [6, 6.07) is 20.0. The van der Waals surface area contributed by atoms with Crippen LogP contribution in [0, 0.1) is 12.7 Å². The Morgan fingerprint density at radius 1 is 0.921 bits per heavy atom. The Hall–Kier alpha value is -3.72. The zero-order chi connectivity index (χ0) is 27.7. The molecular formula is C29H34FN3O4S. The minimum absolute atomic E-state index is 0.00632. The third kappa shape index (κ3) is 7.19. The van der Waals surface area contributed by atoms with Crippen LogP contribution in [0.3, 0.4) is 0 Å². The highest BCUT2D eigenvalue weighted by atomic mass is 32.2. The SMILES string of the molecule is CCNC(=O)C(CC)N(CCc1ccccc1)C(=O)CN(c1ccc(F)cc1)S(=O)(=O)c1ccc(C)cc1. The van der Waals surface area contributed by atoms with Crippen molar-refractivity contribution in [1.82, 2.24) is 10.2 Å². The number of hydrogen-bond donors (Lipinski definition) is 1. The summed E-state index contributed by atoms with van der Waals surface area (Å²) < 4.78 is 42.1. The van der Waals surface area contributed by atoms with E-state index in [9.17, 15) is 22.4 Å². The molecule has 1 unspecified atom stereocenters. The Balaban J connectivity index is 1.99. The van der Waals surface area contributed by atoms with Gasteiger partial charge in [0.1, 0.15) is 18.4 Å². The molecule has 0 aliphatic rings. The number of halogens is 1. The van der Waals surface area contributed by atoms with E-state index >= 15 is 0 Å². The molecule has 1 N–H and O–H groups in total. The number of anilines is 1. The molecule has 202 valence electrons. The number of nitrogens with one attached hydrogen (secondary N) is 1. The van der Waals surface area contributed by atoms with Crippen LogP contribution < -0.4 is 9.62 Å². The normalized spacial score (nSPS) is 12.0. The summed E-state index contributed by atoms with van der Waals surface area (Å²) in [4.78, 5) is 28.2. The van der Waals surface area contributed by atoms with E-state index in [0.29, 0.717) is 19.4 Å². The maximum Gasteiger partial charge on any atom is 0.264 e. The number of carbonyl (C=O) groups is 2. The predicted octanol–water partition coefficient (Wildman–Crippen LogP) is 4.32. The minimum atomic E-state index is -4.18. The molecule has 0 saturated carbocycles. The molecule has 0 spiro atoms. The molecule has 2 amide bonds. The van der Waals surface area contributed by atoms with Gasteiger partial charge in [-0.15, -0.1) is 0 Å². The first kappa shape index (κ1) is 28.8. The number of aryl methyl sites for hydroxylation is 1. The molecule has 9 heteroatoms. The molecule has 38 heavy (non-hydrogen) atoms. The molecule has 0 radical (unpaired) electrons. The van der Waals surface area contributed by atoms with Crippen LogP contribution in [0.1, 0.15) is 31.4 Å². The smallest absolute Gasteiger partial charge is 0.264 e. The Morgan fingerprint density at radius 2 is 1.55 bits per heavy atom. The van der Waals surface area contributed by atoms with Crippen molar-refractivity contribution < 1.29 is 22.4 Å². The van der Waals surface area contributed by atoms with Crippen molar-refractivity contribution in [3.05, 3.63) is 95.8 Å². The van der Waals surface area contributed by atoms with Crippen molar-refractivity contribution in [2.75, 3.05) is 23.9 Å². The second-order valence-corrected chi connectivity index (χ2v) is 10.8. The number of benzene rings is 3. The lowest BCUT2D eigenvalue weighted by molar-refractivity contribution is -0.139. The van der Waals surface area contributed by atoms with Crippen LogP contribution in [0.2, 0.25) is 0 Å². The van der Waals surface area contributed by atoms with Gasteiger partial charge >= 0.3 is 0 Å². The summed E-state index contributed by atoms with van der Waals surface area (Å²) in [6.45, 7) is 5.52. The van der Waals surface area contributed by atoms with Crippen LogP contribution in [0.15, 0.2) is 83.8 Å². The molecule has 3 rings (SSSR count). The van der Waals surface area contributed by atoms with Gasteiger partial charge in [0.05, 0.1) is 10.6 Å². The average Bonchev–Trinajstić information content (AvgIpc) is 2.91. The number of amides is 2. The second-order valence-electron chi connectivity index (χ2n) is 8.94. The van der Waals surface area contributed by atoms with Crippen molar-refractivity contribution in [3.8, 4) is 0 Å². The van der Waals surface area contributed by atoms with Crippen LogP contribution >= 0.6 is 0 Å². The molecular weight excluding hydrogens is 505 g/mol. The first-order valence-electron chi connectivity index (χ1n) is 12.6. The van der Waals surface area contributed by atoms with E-state index in [-0.39, 0.29) is 23.0 Å². The van der Waals surface area contributed by atoms with Gasteiger partial charge in [0.25, 0.3) is 10.0 Å². The fourth-order valence-electron chi connectivity index (χ4n) is 4.16. The molecule has 3 aromatic rings. The third-order valence-electron chi connectivity index (χ3n) is 6.22. The molecule has 0 aliphatic carbocycles. The lowest BCUT2D eigenvalue weighted by Gasteiger charge is -2.33. The molecule has 0 aliphatic heterocycles. The van der Waals surface area contributed by atoms with Gasteiger partial charge in [-0.25, -0.2) is 12.8 Å². The molecule has 7 nitrogen and oxygen atoms in total. The first-order valence-corrected chi connectivity index (χ1v) is 14.1. The van der Waals surface area contributed by atoms with Gasteiger partial charge in [-0.2, -0.15) is 0 Å². The summed E-state index contributed by atoms with van der Waals surface area (Å²) in [5.74, 6) is -1.36. The summed E-state index contributed by atoms with van der Waals surface area (Å²) >= 11 is 0. The highest BCUT2D eigenvalue weighted by molar-refractivity contribution is 7.92. The molecule has 0 bridgehead atoms. The molecule has 0 aromatic heterocycles. The average molecular weight is 540 g/mol. The van der Waals surface area contributed by atoms with Gasteiger partial charge < -0.3 is 10.2 Å². The lowest BCUT2D eigenvalue weighted by Crippen LogP contribution is -2.53. The van der Waals surface area contributed by atoms with Crippen LogP contribution in [-0.2, 0) is 26.0 Å². The summed E-state index contributed by atoms with van der Waals surface area (Å²) in [5, 5.41) is 2.78. The number of likely N-dealkylation sites (N-methyl/N-ethyl adjacent to an activating group) is 1. The summed E-state index contributed by atoms with van der Waals surface area (Å²) in [7, 11) is -4.18. The van der Waals surface area contributed by atoms with Crippen LogP contribution in [0.25, 0.3) is 0 Å². The van der Waals surface area contributed by atoms with Gasteiger partial charge in [-0.3, -0.25) is 13.9 Å². The van der Waals surface area contributed by atoms with Crippen molar-refractivity contribution in [2.45, 2.75) is 44.6 Å². The van der Waals surface area contributed by atoms with Gasteiger partial charge in [0.15, 0.2) is 0 Å². The number of hydrogen-bond acceptors (Lipinski definition) is 4. The predicted molar refractivity (Wildman–Crippen MR) is 147 cm³/mol. The van der Waals surface area contributed by atoms with E-state index in [4.69, 9.17) is 0 Å². The molecule has 0 fully saturated rings. The Labute approximate surface area is 224 Å². The molecule has 0 heterocycles. The molecule has 1 atom stereocenters. The molecule has 3 aromatic carbocycles. The monoisotopic (exact) mass is 539 g/mol. The quantitative estimate of drug-likeness (QED) is 0.372. The van der Waals surface area contributed by atoms with E-state index in [1.807, 2.05) is 44.2 Å². The largest absolute Gasteiger partial charge is 0.355 e. The minimum Gasteiger partial charge on any atom is -0.355 e. The zero-order valence-corrected chi connectivity index (χ0v) is 22.7. The zero-order valence-electron chi connectivity index (χ0n) is 21.9. The molecule has 0 saturated heterocycles. The van der Waals surface area contributed by atoms with Crippen molar-refractivity contribution in [1.29, 1.82) is 0 Å². The van der Waals surface area contributed by atoms with Gasteiger partial charge in [-0.1, -0.05) is 55.0 Å². The summed E-state index contributed by atoms with van der Waals surface area (Å²) in [6.07, 6.45) is 0.845. The van der Waals surface area contributed by atoms with Gasteiger partial charge in [0, 0.05) is 13.1 Å². The Morgan fingerprint density at radius 3 is 2.13 bits per heavy atom. The highest BCUT2D eigenvalue weighted by Crippen LogP contribution is 2.25.